The third kappa shape index (κ3) is 3.25. The third-order valence-corrected chi connectivity index (χ3v) is 8.60. The van der Waals surface area contributed by atoms with Crippen LogP contribution in [0.1, 0.15) is 35.7 Å². The summed E-state index contributed by atoms with van der Waals surface area (Å²) in [5, 5.41) is 0. The zero-order valence-corrected chi connectivity index (χ0v) is 19.7. The van der Waals surface area contributed by atoms with Gasteiger partial charge in [-0.25, -0.2) is 19.3 Å². The van der Waals surface area contributed by atoms with Crippen molar-refractivity contribution in [2.45, 2.75) is 42.0 Å². The first-order valence-electron chi connectivity index (χ1n) is 11.5. The number of benzene rings is 1. The molecule has 0 bridgehead atoms. The molecule has 2 aliphatic rings. The molecular formula is C25H26FN7S. The Hall–Kier alpha value is -3.17. The molecule has 4 N–H and O–H groups in total. The van der Waals surface area contributed by atoms with Gasteiger partial charge in [0.05, 0.1) is 15.5 Å². The number of nitrogens with two attached hydrogens (primary N) is 2. The minimum atomic E-state index is -0.518. The van der Waals surface area contributed by atoms with Crippen LogP contribution < -0.4 is 16.4 Å². The summed E-state index contributed by atoms with van der Waals surface area (Å²) in [6, 6.07) is 10.3. The number of aromatic nitrogens is 4. The highest BCUT2D eigenvalue weighted by atomic mass is 32.2. The molecule has 4 aromatic rings. The Balaban J connectivity index is 1.29. The zero-order chi connectivity index (χ0) is 23.4. The summed E-state index contributed by atoms with van der Waals surface area (Å²) in [6.45, 7) is 3.70. The lowest BCUT2D eigenvalue weighted by atomic mass is 9.73. The maximum absolute atomic E-state index is 14.5. The van der Waals surface area contributed by atoms with E-state index in [1.165, 1.54) is 29.1 Å². The predicted molar refractivity (Wildman–Crippen MR) is 131 cm³/mol. The molecule has 3 aromatic heterocycles. The van der Waals surface area contributed by atoms with E-state index in [0.717, 1.165) is 54.5 Å². The largest absolute Gasteiger partial charge is 0.381 e. The van der Waals surface area contributed by atoms with E-state index in [4.69, 9.17) is 16.5 Å². The van der Waals surface area contributed by atoms with Crippen molar-refractivity contribution in [3.63, 3.8) is 0 Å². The van der Waals surface area contributed by atoms with Crippen molar-refractivity contribution in [2.75, 3.05) is 23.7 Å². The van der Waals surface area contributed by atoms with Gasteiger partial charge in [0.1, 0.15) is 0 Å². The second-order valence-corrected chi connectivity index (χ2v) is 10.3. The van der Waals surface area contributed by atoms with Gasteiger partial charge in [0, 0.05) is 37.7 Å². The van der Waals surface area contributed by atoms with Crippen LogP contribution in [0.5, 0.6) is 0 Å². The smallest absolute Gasteiger partial charge is 0.211 e. The van der Waals surface area contributed by atoms with E-state index in [1.54, 1.807) is 12.3 Å². The average molecular weight is 476 g/mol. The highest BCUT2D eigenvalue weighted by molar-refractivity contribution is 7.99. The lowest BCUT2D eigenvalue weighted by molar-refractivity contribution is 0.186. The van der Waals surface area contributed by atoms with Crippen LogP contribution in [0, 0.1) is 18.2 Å². The minimum Gasteiger partial charge on any atom is -0.381 e. The first-order valence-corrected chi connectivity index (χ1v) is 12.3. The van der Waals surface area contributed by atoms with Gasteiger partial charge >= 0.3 is 0 Å². The fourth-order valence-corrected chi connectivity index (χ4v) is 6.46. The van der Waals surface area contributed by atoms with Gasteiger partial charge in [-0.15, -0.1) is 0 Å². The molecular weight excluding hydrogens is 449 g/mol. The Kier molecular flexibility index (Phi) is 5.00. The summed E-state index contributed by atoms with van der Waals surface area (Å²) in [4.78, 5) is 16.9. The molecule has 9 heteroatoms. The molecule has 0 unspecified atom stereocenters. The molecule has 1 fully saturated rings. The lowest BCUT2D eigenvalue weighted by Crippen LogP contribution is -2.45. The van der Waals surface area contributed by atoms with Crippen molar-refractivity contribution in [3.8, 4) is 0 Å². The molecule has 1 spiro atoms. The number of pyridine rings is 1. The van der Waals surface area contributed by atoms with E-state index in [1.807, 2.05) is 17.5 Å². The lowest BCUT2D eigenvalue weighted by Gasteiger charge is -2.42. The van der Waals surface area contributed by atoms with Crippen molar-refractivity contribution in [2.24, 2.45) is 11.1 Å². The first kappa shape index (κ1) is 21.4. The number of hydrogen-bond acceptors (Lipinski definition) is 7. The summed E-state index contributed by atoms with van der Waals surface area (Å²) in [5.74, 6) is 0.236. The Morgan fingerprint density at radius 2 is 1.91 bits per heavy atom. The van der Waals surface area contributed by atoms with Crippen molar-refractivity contribution in [3.05, 3.63) is 71.6 Å². The predicted octanol–water partition coefficient (Wildman–Crippen LogP) is 4.15. The molecule has 1 aromatic carbocycles. The number of imidazole rings is 1. The van der Waals surface area contributed by atoms with Gasteiger partial charge in [-0.2, -0.15) is 0 Å². The molecule has 1 aliphatic carbocycles. The molecule has 0 saturated carbocycles. The number of anilines is 2. The number of hydrogen-bond donors (Lipinski definition) is 2. The van der Waals surface area contributed by atoms with E-state index in [0.29, 0.717) is 4.90 Å². The van der Waals surface area contributed by atoms with Crippen LogP contribution in [0.2, 0.25) is 0 Å². The van der Waals surface area contributed by atoms with E-state index < -0.39 is 5.82 Å². The molecule has 0 amide bonds. The van der Waals surface area contributed by atoms with Crippen LogP contribution >= 0.6 is 11.8 Å². The van der Waals surface area contributed by atoms with Gasteiger partial charge < -0.3 is 16.4 Å². The van der Waals surface area contributed by atoms with Crippen molar-refractivity contribution >= 4 is 29.2 Å². The van der Waals surface area contributed by atoms with Crippen LogP contribution in [0.4, 0.5) is 16.2 Å². The second-order valence-electron chi connectivity index (χ2n) is 9.26. The molecule has 1 atom stereocenters. The van der Waals surface area contributed by atoms with Gasteiger partial charge in [-0.1, -0.05) is 36.0 Å². The van der Waals surface area contributed by atoms with Gasteiger partial charge in [-0.3, -0.25) is 4.40 Å². The van der Waals surface area contributed by atoms with Crippen LogP contribution in [0.15, 0.2) is 58.7 Å². The van der Waals surface area contributed by atoms with Crippen LogP contribution in [-0.4, -0.2) is 32.4 Å². The van der Waals surface area contributed by atoms with Crippen molar-refractivity contribution in [1.82, 2.24) is 19.4 Å². The maximum atomic E-state index is 14.5. The Labute approximate surface area is 201 Å². The number of nitrogens with zero attached hydrogens (tertiary/aromatic N) is 5. The van der Waals surface area contributed by atoms with Gasteiger partial charge in [0.25, 0.3) is 0 Å². The summed E-state index contributed by atoms with van der Waals surface area (Å²) >= 11 is 1.28. The number of fused-ring (bicyclic) bond motifs is 2. The van der Waals surface area contributed by atoms with Gasteiger partial charge in [-0.05, 0) is 48.8 Å². The number of rotatable bonds is 3. The topological polar surface area (TPSA) is 98.4 Å². The Morgan fingerprint density at radius 3 is 2.71 bits per heavy atom. The first-order chi connectivity index (χ1) is 16.5. The van der Waals surface area contributed by atoms with Crippen molar-refractivity contribution < 1.29 is 4.39 Å². The Morgan fingerprint density at radius 1 is 1.12 bits per heavy atom. The quantitative estimate of drug-likeness (QED) is 0.459. The molecule has 1 aliphatic heterocycles. The van der Waals surface area contributed by atoms with E-state index in [2.05, 4.69) is 39.1 Å². The fraction of sp³-hybridized carbons (Fsp3) is 0.320. The molecule has 4 heterocycles. The van der Waals surface area contributed by atoms with Crippen LogP contribution in [0.3, 0.4) is 0 Å². The van der Waals surface area contributed by atoms with E-state index >= 15 is 0 Å². The molecule has 1 saturated heterocycles. The number of nitrogen functional groups attached to an aromatic ring is 1. The summed E-state index contributed by atoms with van der Waals surface area (Å²) in [7, 11) is 0. The monoisotopic (exact) mass is 475 g/mol. The molecule has 7 nitrogen and oxygen atoms in total. The molecule has 34 heavy (non-hydrogen) atoms. The average Bonchev–Trinajstić information content (AvgIpc) is 3.43. The highest BCUT2D eigenvalue weighted by Crippen LogP contribution is 2.51. The fourth-order valence-electron chi connectivity index (χ4n) is 5.48. The SMILES string of the molecule is Cc1nc(N2CCC3(CC2)Cc2ccccc2[C@H]3N)n2ccnc2c1Sc1ccnc(N)c1F. The van der Waals surface area contributed by atoms with Gasteiger partial charge in [0.2, 0.25) is 5.95 Å². The normalized spacial score (nSPS) is 19.1. The third-order valence-electron chi connectivity index (χ3n) is 7.38. The van der Waals surface area contributed by atoms with E-state index in [9.17, 15) is 4.39 Å². The zero-order valence-electron chi connectivity index (χ0n) is 18.9. The summed E-state index contributed by atoms with van der Waals surface area (Å²) in [6.07, 6.45) is 8.25. The van der Waals surface area contributed by atoms with Crippen LogP contribution in [0.25, 0.3) is 5.65 Å². The summed E-state index contributed by atoms with van der Waals surface area (Å²) in [5.41, 5.74) is 16.8. The summed E-state index contributed by atoms with van der Waals surface area (Å²) < 4.78 is 16.5. The minimum absolute atomic E-state index is 0.0790. The molecule has 0 radical (unpaired) electrons. The maximum Gasteiger partial charge on any atom is 0.211 e. The molecule has 174 valence electrons. The van der Waals surface area contributed by atoms with E-state index in [-0.39, 0.29) is 17.3 Å². The Bertz CT molecular complexity index is 1390. The number of aryl methyl sites for hydroxylation is 1. The van der Waals surface area contributed by atoms with Gasteiger partial charge in [0.15, 0.2) is 17.3 Å². The standard InChI is InChI=1S/C25H26FN7S/c1-15-20(34-18-6-9-29-22(28)19(18)26)23-30-10-13-33(23)24(31-15)32-11-7-25(8-12-32)14-16-4-2-3-5-17(16)21(25)27/h2-6,9-10,13,21H,7-8,11-12,14,27H2,1H3,(H2,28,29)/t21-/m1/s1. The van der Waals surface area contributed by atoms with Crippen molar-refractivity contribution in [1.29, 1.82) is 0 Å². The number of piperidine rings is 1. The van der Waals surface area contributed by atoms with Crippen LogP contribution in [-0.2, 0) is 6.42 Å². The highest BCUT2D eigenvalue weighted by Gasteiger charge is 2.46. The molecule has 6 rings (SSSR count). The number of halogens is 1. The second kappa shape index (κ2) is 7.95.